The van der Waals surface area contributed by atoms with Crippen LogP contribution in [-0.4, -0.2) is 24.0 Å². The molecule has 0 atom stereocenters. The minimum atomic E-state index is -1.00. The smallest absolute Gasteiger partial charge is 0.341 e. The van der Waals surface area contributed by atoms with Crippen molar-refractivity contribution in [1.82, 2.24) is 0 Å². The molecule has 0 radical (unpaired) electrons. The van der Waals surface area contributed by atoms with E-state index >= 15 is 0 Å². The number of allylic oxidation sites excluding steroid dienone is 1. The summed E-state index contributed by atoms with van der Waals surface area (Å²) in [7, 11) is 0. The zero-order valence-electron chi connectivity index (χ0n) is 8.63. The van der Waals surface area contributed by atoms with E-state index in [1.54, 1.807) is 30.3 Å². The molecule has 4 heteroatoms. The lowest BCUT2D eigenvalue weighted by Gasteiger charge is -2.02. The molecule has 1 aromatic carbocycles. The molecule has 1 aromatic rings. The fourth-order valence-electron chi connectivity index (χ4n) is 1.08. The van der Waals surface area contributed by atoms with Gasteiger partial charge in [0.2, 0.25) is 0 Å². The first-order valence-electron chi connectivity index (χ1n) is 4.77. The summed E-state index contributed by atoms with van der Waals surface area (Å²) in [5, 5.41) is 8.40. The third kappa shape index (κ3) is 4.41. The number of hydrogen-bond donors (Lipinski definition) is 1. The van der Waals surface area contributed by atoms with Gasteiger partial charge in [-0.15, -0.1) is 0 Å². The number of benzene rings is 1. The van der Waals surface area contributed by atoms with Crippen LogP contribution < -0.4 is 4.74 Å². The molecule has 0 aliphatic heterocycles. The Morgan fingerprint density at radius 2 is 2.00 bits per heavy atom. The van der Waals surface area contributed by atoms with Gasteiger partial charge in [0.05, 0.1) is 0 Å². The highest BCUT2D eigenvalue weighted by Crippen LogP contribution is 2.13. The van der Waals surface area contributed by atoms with E-state index in [0.717, 1.165) is 11.8 Å². The molecule has 0 aliphatic carbocycles. The van der Waals surface area contributed by atoms with Gasteiger partial charge in [0.15, 0.2) is 6.61 Å². The van der Waals surface area contributed by atoms with Gasteiger partial charge >= 0.3 is 5.97 Å². The molecule has 0 saturated heterocycles. The molecule has 4 nitrogen and oxygen atoms in total. The first-order chi connectivity index (χ1) is 7.72. The zero-order valence-corrected chi connectivity index (χ0v) is 8.63. The minimum Gasteiger partial charge on any atom is -0.482 e. The van der Waals surface area contributed by atoms with Gasteiger partial charge in [0, 0.05) is 6.42 Å². The number of ether oxygens (including phenoxy) is 1. The SMILES string of the molecule is O=CCC=Cc1ccc(OCC(=O)O)cc1. The molecule has 0 bridgehead atoms. The van der Waals surface area contributed by atoms with Crippen molar-refractivity contribution in [1.29, 1.82) is 0 Å². The first-order valence-corrected chi connectivity index (χ1v) is 4.77. The third-order valence-electron chi connectivity index (χ3n) is 1.79. The van der Waals surface area contributed by atoms with E-state index < -0.39 is 5.97 Å². The van der Waals surface area contributed by atoms with Crippen LogP contribution in [-0.2, 0) is 9.59 Å². The van der Waals surface area contributed by atoms with Crippen LogP contribution in [0, 0.1) is 0 Å². The Kier molecular flexibility index (Phi) is 4.79. The summed E-state index contributed by atoms with van der Waals surface area (Å²) < 4.78 is 4.97. The van der Waals surface area contributed by atoms with E-state index in [4.69, 9.17) is 9.84 Å². The average Bonchev–Trinajstić information content (AvgIpc) is 2.28. The number of aldehydes is 1. The van der Waals surface area contributed by atoms with Crippen LogP contribution in [0.25, 0.3) is 6.08 Å². The summed E-state index contributed by atoms with van der Waals surface area (Å²) in [6, 6.07) is 6.95. The second kappa shape index (κ2) is 6.40. The minimum absolute atomic E-state index is 0.347. The monoisotopic (exact) mass is 220 g/mol. The van der Waals surface area contributed by atoms with Crippen LogP contribution in [0.1, 0.15) is 12.0 Å². The second-order valence-corrected chi connectivity index (χ2v) is 3.06. The molecule has 0 spiro atoms. The summed E-state index contributed by atoms with van der Waals surface area (Å²) >= 11 is 0. The Bertz CT molecular complexity index is 379. The Balaban J connectivity index is 2.53. The van der Waals surface area contributed by atoms with Crippen molar-refractivity contribution in [3.05, 3.63) is 35.9 Å². The van der Waals surface area contributed by atoms with Crippen molar-refractivity contribution >= 4 is 18.3 Å². The molecule has 0 fully saturated rings. The van der Waals surface area contributed by atoms with Crippen molar-refractivity contribution in [2.75, 3.05) is 6.61 Å². The van der Waals surface area contributed by atoms with Gasteiger partial charge in [0.1, 0.15) is 12.0 Å². The van der Waals surface area contributed by atoms with Gasteiger partial charge in [-0.1, -0.05) is 24.3 Å². The molecular formula is C12H12O4. The number of aliphatic carboxylic acids is 1. The second-order valence-electron chi connectivity index (χ2n) is 3.06. The number of hydrogen-bond acceptors (Lipinski definition) is 3. The van der Waals surface area contributed by atoms with E-state index in [1.807, 2.05) is 6.08 Å². The fraction of sp³-hybridized carbons (Fsp3) is 0.167. The summed E-state index contributed by atoms with van der Waals surface area (Å²) in [4.78, 5) is 20.3. The summed E-state index contributed by atoms with van der Waals surface area (Å²) in [6.45, 7) is -0.347. The van der Waals surface area contributed by atoms with Crippen LogP contribution in [0.5, 0.6) is 5.75 Å². The maximum absolute atomic E-state index is 10.2. The van der Waals surface area contributed by atoms with Crippen LogP contribution in [0.3, 0.4) is 0 Å². The molecule has 0 aromatic heterocycles. The first kappa shape index (κ1) is 12.0. The van der Waals surface area contributed by atoms with Crippen molar-refractivity contribution < 1.29 is 19.4 Å². The van der Waals surface area contributed by atoms with Crippen LogP contribution >= 0.6 is 0 Å². The lowest BCUT2D eigenvalue weighted by atomic mass is 10.2. The third-order valence-corrected chi connectivity index (χ3v) is 1.79. The van der Waals surface area contributed by atoms with E-state index in [1.165, 1.54) is 0 Å². The lowest BCUT2D eigenvalue weighted by molar-refractivity contribution is -0.139. The molecule has 0 heterocycles. The molecule has 16 heavy (non-hydrogen) atoms. The summed E-state index contributed by atoms with van der Waals surface area (Å²) in [5.74, 6) is -0.495. The Labute approximate surface area is 93.2 Å². The van der Waals surface area contributed by atoms with Crippen molar-refractivity contribution in [3.8, 4) is 5.75 Å². The number of carbonyl (C=O) groups is 2. The topological polar surface area (TPSA) is 63.6 Å². The Hall–Kier alpha value is -2.10. The molecule has 84 valence electrons. The maximum Gasteiger partial charge on any atom is 0.341 e. The molecule has 1 N–H and O–H groups in total. The quantitative estimate of drug-likeness (QED) is 0.742. The zero-order chi connectivity index (χ0) is 11.8. The van der Waals surface area contributed by atoms with Crippen LogP contribution in [0.2, 0.25) is 0 Å². The average molecular weight is 220 g/mol. The predicted molar refractivity (Wildman–Crippen MR) is 59.3 cm³/mol. The Morgan fingerprint density at radius 3 is 2.56 bits per heavy atom. The summed E-state index contributed by atoms with van der Waals surface area (Å²) in [5.41, 5.74) is 0.935. The van der Waals surface area contributed by atoms with Gasteiger partial charge in [0.25, 0.3) is 0 Å². The van der Waals surface area contributed by atoms with Crippen molar-refractivity contribution in [2.24, 2.45) is 0 Å². The molecule has 0 amide bonds. The normalized spacial score (nSPS) is 10.2. The van der Waals surface area contributed by atoms with Gasteiger partial charge < -0.3 is 14.6 Å². The number of carboxylic acid groups (broad SMARTS) is 1. The van der Waals surface area contributed by atoms with E-state index in [9.17, 15) is 9.59 Å². The number of rotatable bonds is 6. The van der Waals surface area contributed by atoms with Crippen molar-refractivity contribution in [2.45, 2.75) is 6.42 Å². The molecule has 0 unspecified atom stereocenters. The maximum atomic E-state index is 10.2. The van der Waals surface area contributed by atoms with E-state index in [2.05, 4.69) is 0 Å². The molecular weight excluding hydrogens is 208 g/mol. The fourth-order valence-corrected chi connectivity index (χ4v) is 1.08. The van der Waals surface area contributed by atoms with Crippen LogP contribution in [0.4, 0.5) is 0 Å². The molecule has 0 saturated carbocycles. The van der Waals surface area contributed by atoms with Gasteiger partial charge in [-0.2, -0.15) is 0 Å². The van der Waals surface area contributed by atoms with E-state index in [0.29, 0.717) is 12.2 Å². The van der Waals surface area contributed by atoms with Crippen LogP contribution in [0.15, 0.2) is 30.3 Å². The molecule has 1 rings (SSSR count). The number of carbonyl (C=O) groups excluding carboxylic acids is 1. The summed E-state index contributed by atoms with van der Waals surface area (Å²) in [6.07, 6.45) is 4.77. The van der Waals surface area contributed by atoms with Gasteiger partial charge in [-0.05, 0) is 17.7 Å². The lowest BCUT2D eigenvalue weighted by Crippen LogP contribution is -2.09. The van der Waals surface area contributed by atoms with E-state index in [-0.39, 0.29) is 6.61 Å². The highest BCUT2D eigenvalue weighted by Gasteiger charge is 1.98. The standard InChI is InChI=1S/C12H12O4/c13-8-2-1-3-10-4-6-11(7-5-10)16-9-12(14)15/h1,3-8H,2,9H2,(H,14,15). The van der Waals surface area contributed by atoms with Crippen molar-refractivity contribution in [3.63, 3.8) is 0 Å². The predicted octanol–water partition coefficient (Wildman–Crippen LogP) is 1.75. The highest BCUT2D eigenvalue weighted by molar-refractivity contribution is 5.68. The molecule has 0 aliphatic rings. The van der Waals surface area contributed by atoms with Gasteiger partial charge in [-0.25, -0.2) is 4.79 Å². The van der Waals surface area contributed by atoms with Gasteiger partial charge in [-0.3, -0.25) is 0 Å². The highest BCUT2D eigenvalue weighted by atomic mass is 16.5. The Morgan fingerprint density at radius 1 is 1.31 bits per heavy atom. The number of carboxylic acids is 1. The largest absolute Gasteiger partial charge is 0.482 e.